The lowest BCUT2D eigenvalue weighted by atomic mass is 10.5. The summed E-state index contributed by atoms with van der Waals surface area (Å²) in [6.07, 6.45) is -1.13. The van der Waals surface area contributed by atoms with Crippen molar-refractivity contribution in [2.45, 2.75) is 6.92 Å². The number of rotatable bonds is 1. The Balaban J connectivity index is 0. The third-order valence-corrected chi connectivity index (χ3v) is 0.144. The summed E-state index contributed by atoms with van der Waals surface area (Å²) in [5.41, 5.74) is 0. The van der Waals surface area contributed by atoms with Crippen molar-refractivity contribution in [2.75, 3.05) is 0 Å². The van der Waals surface area contributed by atoms with Crippen LogP contribution in [0.4, 0.5) is 0 Å². The summed E-state index contributed by atoms with van der Waals surface area (Å²) in [5, 5.41) is 0. The molecule has 0 spiro atoms. The van der Waals surface area contributed by atoms with Crippen LogP contribution in [-0.2, 0) is 9.59 Å². The largest absolute Gasteiger partial charge is 0.295 e. The molecule has 0 heterocycles. The number of Topliss-reactive ketones (excluding diaryl/α,β-unsaturated/α-hetero) is 1. The average Bonchev–Trinajstić information content (AvgIpc) is 1.72. The fraction of sp³-hybridized carbons (Fsp3) is 0.333. The maximum absolute atomic E-state index is 9.61. The van der Waals surface area contributed by atoms with Crippen LogP contribution in [0.5, 0.6) is 0 Å². The molecule has 0 unspecified atom stereocenters. The molecular weight excluding hydrogens is 68.0 g/mol. The molecule has 0 aromatic carbocycles. The van der Waals surface area contributed by atoms with E-state index in [1.54, 1.807) is 0 Å². The Hall–Kier alpha value is -0.660. The number of carbonyl (C=O) groups excluding carboxylic acids is 2. The Morgan fingerprint density at radius 3 is 2.80 bits per heavy atom. The molecule has 0 saturated heterocycles. The number of carbonyl (C=O) groups is 2. The van der Waals surface area contributed by atoms with E-state index in [2.05, 4.69) is 0 Å². The Morgan fingerprint density at radius 1 is 2.60 bits per heavy atom. The van der Waals surface area contributed by atoms with E-state index < -0.39 is 12.0 Å². The van der Waals surface area contributed by atoms with E-state index in [4.69, 9.17) is 4.34 Å². The molecule has 0 bridgehead atoms. The van der Waals surface area contributed by atoms with Gasteiger partial charge < -0.3 is 0 Å². The molecule has 0 amide bonds. The lowest BCUT2D eigenvalue weighted by Crippen LogP contribution is -1.85. The molecule has 2 nitrogen and oxygen atoms in total. The van der Waals surface area contributed by atoms with E-state index in [1.165, 1.54) is 0 Å². The Morgan fingerprint density at radius 2 is 2.80 bits per heavy atom. The summed E-state index contributed by atoms with van der Waals surface area (Å²) in [5.74, 6) is -0.713. The molecule has 5 heavy (non-hydrogen) atoms. The first-order valence-corrected chi connectivity index (χ1v) is 1.16. The highest BCUT2D eigenvalue weighted by Gasteiger charge is 1.76. The zero-order valence-corrected chi connectivity index (χ0v) is 2.82. The first kappa shape index (κ1) is 1.70. The van der Waals surface area contributed by atoms with Gasteiger partial charge in [0.2, 0.25) is 0 Å². The molecule has 0 radical (unpaired) electrons. The average molecular weight is 80.1 g/mol. The van der Waals surface area contributed by atoms with Crippen LogP contribution in [0.3, 0.4) is 0 Å². The molecule has 0 aliphatic heterocycles. The first-order chi connectivity index (χ1) is 3.64. The molecular formula is C3H6O2. The zero-order valence-electron chi connectivity index (χ0n) is 5.82. The number of aldehydes is 1. The van der Waals surface area contributed by atoms with Crippen molar-refractivity contribution in [2.24, 2.45) is 0 Å². The summed E-state index contributed by atoms with van der Waals surface area (Å²) in [7, 11) is 0. The predicted octanol–water partition coefficient (Wildman–Crippen LogP) is 0.0203. The lowest BCUT2D eigenvalue weighted by Gasteiger charge is -1.57. The highest BCUT2D eigenvalue weighted by molar-refractivity contribution is 6.23. The highest BCUT2D eigenvalue weighted by atomic mass is 16.2. The first-order valence-electron chi connectivity index (χ1n) is 2.66. The quantitative estimate of drug-likeness (QED) is 0.328. The summed E-state index contributed by atoms with van der Waals surface area (Å²) >= 11 is 0. The lowest BCUT2D eigenvalue weighted by molar-refractivity contribution is -0.128. The molecule has 0 aromatic rings. The van der Waals surface area contributed by atoms with Gasteiger partial charge in [-0.15, -0.1) is 0 Å². The van der Waals surface area contributed by atoms with Crippen LogP contribution < -0.4 is 0 Å². The molecule has 0 aromatic heterocycles. The third-order valence-electron chi connectivity index (χ3n) is 0.144. The van der Waals surface area contributed by atoms with Gasteiger partial charge in [-0.3, -0.25) is 9.59 Å². The molecule has 0 aliphatic rings. The summed E-state index contributed by atoms with van der Waals surface area (Å²) in [6.45, 7) is 1.06. The summed E-state index contributed by atoms with van der Waals surface area (Å²) < 4.78 is 16.0. The fourth-order valence-corrected chi connectivity index (χ4v) is 0. The van der Waals surface area contributed by atoms with Gasteiger partial charge in [-0.1, -0.05) is 0 Å². The van der Waals surface area contributed by atoms with Crippen LogP contribution in [0.15, 0.2) is 0 Å². The molecule has 0 rings (SSSR count). The van der Waals surface area contributed by atoms with E-state index in [1.807, 2.05) is 0 Å². The van der Waals surface area contributed by atoms with Crippen LogP contribution >= 0.6 is 0 Å². The standard InChI is InChI=1S/C3H4O2.H2/c1-3(5)2-4;/h2H,1H3;1H/i2T;1+2T. The van der Waals surface area contributed by atoms with E-state index in [0.29, 0.717) is 0 Å². The maximum atomic E-state index is 9.61. The molecule has 0 saturated carbocycles. The van der Waals surface area contributed by atoms with Gasteiger partial charge in [-0.25, -0.2) is 0 Å². The maximum Gasteiger partial charge on any atom is 0.192 e. The third kappa shape index (κ3) is 3.34. The van der Waals surface area contributed by atoms with Gasteiger partial charge in [0.25, 0.3) is 0 Å². The van der Waals surface area contributed by atoms with E-state index >= 15 is 0 Å². The van der Waals surface area contributed by atoms with Crippen LogP contribution in [-0.4, -0.2) is 12.0 Å². The minimum absolute atomic E-state index is 0.713. The second-order valence-corrected chi connectivity index (χ2v) is 0.658. The van der Waals surface area contributed by atoms with Crippen molar-refractivity contribution in [1.82, 2.24) is 0 Å². The smallest absolute Gasteiger partial charge is 0.192 e. The van der Waals surface area contributed by atoms with Crippen LogP contribution in [0.2, 0.25) is 0 Å². The second-order valence-electron chi connectivity index (χ2n) is 0.658. The topological polar surface area (TPSA) is 34.1 Å². The van der Waals surface area contributed by atoms with Crippen molar-refractivity contribution >= 4 is 12.0 Å². The van der Waals surface area contributed by atoms with Gasteiger partial charge in [0, 0.05) is 9.89 Å². The highest BCUT2D eigenvalue weighted by Crippen LogP contribution is 1.48. The van der Waals surface area contributed by atoms with Gasteiger partial charge in [0.15, 0.2) is 12.0 Å². The zero-order chi connectivity index (χ0) is 7.15. The normalized spacial score (nSPS) is 11.0. The monoisotopic (exact) mass is 80.1 g/mol. The van der Waals surface area contributed by atoms with Crippen molar-refractivity contribution in [3.05, 3.63) is 0 Å². The summed E-state index contributed by atoms with van der Waals surface area (Å²) in [4.78, 5) is 19.1. The Kier molecular flexibility index (Phi) is 0.557. The molecule has 0 aliphatic carbocycles. The molecule has 0 atom stereocenters. The van der Waals surface area contributed by atoms with Crippen molar-refractivity contribution < 1.29 is 13.9 Å². The number of ketones is 1. The molecule has 30 valence electrons. The molecule has 2 heteroatoms. The van der Waals surface area contributed by atoms with E-state index in [-0.39, 0.29) is 0 Å². The summed E-state index contributed by atoms with van der Waals surface area (Å²) in [6, 6.07) is 0. The minimum atomic E-state index is -1.13. The number of hydrogen-bond donors (Lipinski definition) is 0. The predicted molar refractivity (Wildman–Crippen MR) is 18.9 cm³/mol. The SMILES string of the molecule is [3H]C(=O)C(C)=O.[3H][3H]. The number of hydrogen-bond acceptors (Lipinski definition) is 2. The second kappa shape index (κ2) is 1.64. The van der Waals surface area contributed by atoms with Gasteiger partial charge in [-0.2, -0.15) is 0 Å². The minimum Gasteiger partial charge on any atom is -0.295 e. The fourth-order valence-electron chi connectivity index (χ4n) is 0. The van der Waals surface area contributed by atoms with Gasteiger partial charge in [0.1, 0.15) is 1.37 Å². The van der Waals surface area contributed by atoms with Crippen molar-refractivity contribution in [3.63, 3.8) is 0 Å². The Bertz CT molecular complexity index is 78.5. The van der Waals surface area contributed by atoms with E-state index in [0.717, 1.165) is 6.92 Å². The van der Waals surface area contributed by atoms with Crippen molar-refractivity contribution in [1.29, 1.82) is 0 Å². The van der Waals surface area contributed by atoms with E-state index in [9.17, 15) is 9.59 Å². The van der Waals surface area contributed by atoms with Gasteiger partial charge >= 0.3 is 0 Å². The van der Waals surface area contributed by atoms with Crippen LogP contribution in [0.25, 0.3) is 0 Å². The molecule has 0 fully saturated rings. The van der Waals surface area contributed by atoms with Gasteiger partial charge in [-0.05, 0) is 0 Å². The Labute approximate surface area is 34.3 Å². The van der Waals surface area contributed by atoms with Crippen molar-refractivity contribution in [3.8, 4) is 0 Å². The van der Waals surface area contributed by atoms with Crippen LogP contribution in [0.1, 0.15) is 11.3 Å². The van der Waals surface area contributed by atoms with Gasteiger partial charge in [0.05, 0.1) is 0 Å². The van der Waals surface area contributed by atoms with Crippen LogP contribution in [0, 0.1) is 0 Å². The molecule has 0 N–H and O–H groups in total.